The van der Waals surface area contributed by atoms with Gasteiger partial charge in [-0.1, -0.05) is 22.0 Å². The highest BCUT2D eigenvalue weighted by molar-refractivity contribution is 9.10. The summed E-state index contributed by atoms with van der Waals surface area (Å²) in [6.45, 7) is 2.55. The molecule has 1 aromatic carbocycles. The Bertz CT molecular complexity index is 658. The van der Waals surface area contributed by atoms with E-state index in [0.717, 1.165) is 37.1 Å². The maximum atomic E-state index is 5.57. The number of aromatic nitrogens is 3. The summed E-state index contributed by atoms with van der Waals surface area (Å²) in [6, 6.07) is 6.50. The number of hydrogen-bond donors (Lipinski definition) is 0. The molecule has 1 fully saturated rings. The first-order valence-electron chi connectivity index (χ1n) is 7.06. The fraction of sp³-hybridized carbons (Fsp3) is 0.400. The van der Waals surface area contributed by atoms with Gasteiger partial charge in [0.1, 0.15) is 12.7 Å². The van der Waals surface area contributed by atoms with Crippen molar-refractivity contribution in [2.24, 2.45) is 0 Å². The molecule has 0 saturated carbocycles. The average molecular weight is 347 g/mol. The zero-order valence-corrected chi connectivity index (χ0v) is 13.1. The smallest absolute Gasteiger partial charge is 0.232 e. The third-order valence-electron chi connectivity index (χ3n) is 4.45. The standard InChI is InChI=1S/C15H15BrN4O/c16-11-1-2-12-13(7-11)20(14-18-9-17-10-19-14)8-15(12)3-5-21-6-4-15/h1-2,7,9-10H,3-6,8H2. The summed E-state index contributed by atoms with van der Waals surface area (Å²) in [4.78, 5) is 14.8. The Morgan fingerprint density at radius 1 is 1.14 bits per heavy atom. The highest BCUT2D eigenvalue weighted by Crippen LogP contribution is 2.49. The normalized spacial score (nSPS) is 19.8. The van der Waals surface area contributed by atoms with Gasteiger partial charge in [-0.05, 0) is 30.5 Å². The van der Waals surface area contributed by atoms with Crippen LogP contribution in [0.1, 0.15) is 18.4 Å². The predicted octanol–water partition coefficient (Wildman–Crippen LogP) is 2.83. The minimum Gasteiger partial charge on any atom is -0.381 e. The largest absolute Gasteiger partial charge is 0.381 e. The molecule has 108 valence electrons. The Hall–Kier alpha value is -1.53. The van der Waals surface area contributed by atoms with Crippen molar-refractivity contribution in [3.8, 4) is 0 Å². The molecule has 1 spiro atoms. The molecular formula is C15H15BrN4O. The molecule has 4 rings (SSSR count). The first-order valence-corrected chi connectivity index (χ1v) is 7.85. The van der Waals surface area contributed by atoms with E-state index in [2.05, 4.69) is 54.0 Å². The van der Waals surface area contributed by atoms with E-state index in [1.165, 1.54) is 11.3 Å². The lowest BCUT2D eigenvalue weighted by Gasteiger charge is -2.34. The molecule has 1 aromatic heterocycles. The maximum Gasteiger partial charge on any atom is 0.232 e. The number of fused-ring (bicyclic) bond motifs is 2. The SMILES string of the molecule is Brc1ccc2c(c1)N(c1ncncn1)CC21CCOCC1. The van der Waals surface area contributed by atoms with Crippen molar-refractivity contribution in [3.63, 3.8) is 0 Å². The van der Waals surface area contributed by atoms with E-state index in [1.807, 2.05) is 0 Å². The Kier molecular flexibility index (Phi) is 3.15. The molecule has 3 heterocycles. The van der Waals surface area contributed by atoms with Gasteiger partial charge in [0, 0.05) is 35.3 Å². The van der Waals surface area contributed by atoms with E-state index in [1.54, 1.807) is 12.7 Å². The molecule has 0 radical (unpaired) electrons. The third-order valence-corrected chi connectivity index (χ3v) is 4.95. The zero-order valence-electron chi connectivity index (χ0n) is 11.5. The lowest BCUT2D eigenvalue weighted by molar-refractivity contribution is 0.0557. The summed E-state index contributed by atoms with van der Waals surface area (Å²) in [5, 5.41) is 0. The van der Waals surface area contributed by atoms with Gasteiger partial charge in [0.25, 0.3) is 0 Å². The van der Waals surface area contributed by atoms with Crippen molar-refractivity contribution in [2.75, 3.05) is 24.7 Å². The van der Waals surface area contributed by atoms with Gasteiger partial charge in [-0.25, -0.2) is 15.0 Å². The number of hydrogen-bond acceptors (Lipinski definition) is 5. The Balaban J connectivity index is 1.83. The second-order valence-electron chi connectivity index (χ2n) is 5.58. The van der Waals surface area contributed by atoms with Crippen LogP contribution in [0.4, 0.5) is 11.6 Å². The molecule has 0 bridgehead atoms. The second-order valence-corrected chi connectivity index (χ2v) is 6.49. The number of nitrogens with zero attached hydrogens (tertiary/aromatic N) is 4. The second kappa shape index (κ2) is 5.03. The van der Waals surface area contributed by atoms with Crippen LogP contribution < -0.4 is 4.90 Å². The number of anilines is 2. The first-order chi connectivity index (χ1) is 10.3. The number of benzene rings is 1. The minimum absolute atomic E-state index is 0.154. The first kappa shape index (κ1) is 13.2. The van der Waals surface area contributed by atoms with Crippen LogP contribution >= 0.6 is 15.9 Å². The summed E-state index contributed by atoms with van der Waals surface area (Å²) < 4.78 is 6.64. The van der Waals surface area contributed by atoms with Crippen LogP contribution in [0.2, 0.25) is 0 Å². The van der Waals surface area contributed by atoms with Gasteiger partial charge in [0.15, 0.2) is 0 Å². The zero-order chi connectivity index (χ0) is 14.3. The molecule has 0 unspecified atom stereocenters. The molecule has 0 aliphatic carbocycles. The lowest BCUT2D eigenvalue weighted by Crippen LogP contribution is -2.37. The molecule has 2 aliphatic rings. The molecule has 21 heavy (non-hydrogen) atoms. The summed E-state index contributed by atoms with van der Waals surface area (Å²) >= 11 is 3.57. The molecular weight excluding hydrogens is 332 g/mol. The molecule has 0 N–H and O–H groups in total. The number of rotatable bonds is 1. The van der Waals surface area contributed by atoms with Gasteiger partial charge in [-0.3, -0.25) is 0 Å². The fourth-order valence-electron chi connectivity index (χ4n) is 3.39. The third kappa shape index (κ3) is 2.13. The molecule has 6 heteroatoms. The molecule has 2 aliphatic heterocycles. The fourth-order valence-corrected chi connectivity index (χ4v) is 3.74. The van der Waals surface area contributed by atoms with Gasteiger partial charge >= 0.3 is 0 Å². The minimum atomic E-state index is 0.154. The van der Waals surface area contributed by atoms with Crippen LogP contribution in [-0.4, -0.2) is 34.7 Å². The van der Waals surface area contributed by atoms with Crippen molar-refractivity contribution < 1.29 is 4.74 Å². The van der Waals surface area contributed by atoms with Crippen LogP contribution in [0.5, 0.6) is 0 Å². The highest BCUT2D eigenvalue weighted by Gasteiger charge is 2.44. The van der Waals surface area contributed by atoms with E-state index >= 15 is 0 Å². The van der Waals surface area contributed by atoms with E-state index < -0.39 is 0 Å². The van der Waals surface area contributed by atoms with Crippen molar-refractivity contribution in [2.45, 2.75) is 18.3 Å². The average Bonchev–Trinajstić information content (AvgIpc) is 2.83. The van der Waals surface area contributed by atoms with Crippen molar-refractivity contribution in [1.82, 2.24) is 15.0 Å². The van der Waals surface area contributed by atoms with Crippen LogP contribution in [0.15, 0.2) is 35.3 Å². The molecule has 0 amide bonds. The van der Waals surface area contributed by atoms with Crippen LogP contribution in [0, 0.1) is 0 Å². The highest BCUT2D eigenvalue weighted by atomic mass is 79.9. The van der Waals surface area contributed by atoms with Crippen molar-refractivity contribution in [1.29, 1.82) is 0 Å². The van der Waals surface area contributed by atoms with E-state index in [4.69, 9.17) is 4.74 Å². The Labute approximate surface area is 131 Å². The van der Waals surface area contributed by atoms with Crippen LogP contribution in [-0.2, 0) is 10.2 Å². The molecule has 2 aromatic rings. The van der Waals surface area contributed by atoms with Gasteiger partial charge in [-0.2, -0.15) is 0 Å². The predicted molar refractivity (Wildman–Crippen MR) is 82.7 cm³/mol. The Morgan fingerprint density at radius 3 is 2.67 bits per heavy atom. The van der Waals surface area contributed by atoms with Gasteiger partial charge in [0.2, 0.25) is 5.95 Å². The molecule has 5 nitrogen and oxygen atoms in total. The van der Waals surface area contributed by atoms with Gasteiger partial charge in [-0.15, -0.1) is 0 Å². The van der Waals surface area contributed by atoms with Gasteiger partial charge < -0.3 is 9.64 Å². The summed E-state index contributed by atoms with van der Waals surface area (Å²) in [7, 11) is 0. The van der Waals surface area contributed by atoms with Gasteiger partial charge in [0.05, 0.1) is 0 Å². The summed E-state index contributed by atoms with van der Waals surface area (Å²) in [6.07, 6.45) is 5.19. The van der Waals surface area contributed by atoms with Crippen molar-refractivity contribution >= 4 is 27.6 Å². The molecule has 0 atom stereocenters. The van der Waals surface area contributed by atoms with E-state index in [9.17, 15) is 0 Å². The number of ether oxygens (including phenoxy) is 1. The quantitative estimate of drug-likeness (QED) is 0.794. The summed E-state index contributed by atoms with van der Waals surface area (Å²) in [5.41, 5.74) is 2.73. The summed E-state index contributed by atoms with van der Waals surface area (Å²) in [5.74, 6) is 0.715. The van der Waals surface area contributed by atoms with Crippen LogP contribution in [0.3, 0.4) is 0 Å². The molecule has 1 saturated heterocycles. The Morgan fingerprint density at radius 2 is 1.90 bits per heavy atom. The topological polar surface area (TPSA) is 51.1 Å². The maximum absolute atomic E-state index is 5.57. The monoisotopic (exact) mass is 346 g/mol. The van der Waals surface area contributed by atoms with E-state index in [0.29, 0.717) is 5.95 Å². The lowest BCUT2D eigenvalue weighted by atomic mass is 9.76. The number of halogens is 1. The van der Waals surface area contributed by atoms with Crippen LogP contribution in [0.25, 0.3) is 0 Å². The van der Waals surface area contributed by atoms with E-state index in [-0.39, 0.29) is 5.41 Å². The van der Waals surface area contributed by atoms with Crippen molar-refractivity contribution in [3.05, 3.63) is 40.9 Å².